The van der Waals surface area contributed by atoms with Crippen LogP contribution in [0.5, 0.6) is 5.75 Å². The summed E-state index contributed by atoms with van der Waals surface area (Å²) in [5.41, 5.74) is 1.24. The van der Waals surface area contributed by atoms with Crippen LogP contribution in [-0.2, 0) is 9.59 Å². The summed E-state index contributed by atoms with van der Waals surface area (Å²) >= 11 is 6.04. The predicted molar refractivity (Wildman–Crippen MR) is 91.0 cm³/mol. The molecule has 5 nitrogen and oxygen atoms in total. The van der Waals surface area contributed by atoms with Crippen molar-refractivity contribution in [2.45, 2.75) is 51.5 Å². The van der Waals surface area contributed by atoms with Crippen LogP contribution < -0.4 is 15.4 Å². The highest BCUT2D eigenvalue weighted by molar-refractivity contribution is 6.40. The summed E-state index contributed by atoms with van der Waals surface area (Å²) in [6, 6.07) is 3.40. The van der Waals surface area contributed by atoms with Crippen LogP contribution in [0.3, 0.4) is 0 Å². The number of carbonyl (C=O) groups excluding carboxylic acids is 2. The third-order valence-corrected chi connectivity index (χ3v) is 4.53. The van der Waals surface area contributed by atoms with Crippen molar-refractivity contribution in [1.82, 2.24) is 5.32 Å². The molecule has 1 fully saturated rings. The molecule has 0 aromatic heterocycles. The molecular formula is C17H23ClN2O3. The highest BCUT2D eigenvalue weighted by Crippen LogP contribution is 2.30. The lowest BCUT2D eigenvalue weighted by Gasteiger charge is -2.16. The Hall–Kier alpha value is -1.75. The van der Waals surface area contributed by atoms with Crippen LogP contribution in [0.15, 0.2) is 12.1 Å². The first-order valence-corrected chi connectivity index (χ1v) is 8.35. The van der Waals surface area contributed by atoms with Crippen molar-refractivity contribution in [3.8, 4) is 5.75 Å². The summed E-state index contributed by atoms with van der Waals surface area (Å²) in [6.07, 6.45) is 6.44. The molecule has 126 valence electrons. The van der Waals surface area contributed by atoms with E-state index in [9.17, 15) is 9.59 Å². The highest BCUT2D eigenvalue weighted by atomic mass is 35.5. The standard InChI is InChI=1S/C17H23ClN2O3/c1-11-9-14(15(23-2)10-13(11)18)20-17(22)16(21)19-12-7-5-3-4-6-8-12/h9-10,12H,3-8H2,1-2H3,(H,19,21)(H,20,22). The second kappa shape index (κ2) is 8.20. The quantitative estimate of drug-likeness (QED) is 0.655. The fourth-order valence-electron chi connectivity index (χ4n) is 2.78. The summed E-state index contributed by atoms with van der Waals surface area (Å²) in [7, 11) is 1.49. The Morgan fingerprint density at radius 1 is 1.13 bits per heavy atom. The van der Waals surface area contributed by atoms with E-state index in [1.54, 1.807) is 12.1 Å². The van der Waals surface area contributed by atoms with Crippen molar-refractivity contribution in [2.75, 3.05) is 12.4 Å². The molecule has 0 saturated heterocycles. The second-order valence-electron chi connectivity index (χ2n) is 5.92. The van der Waals surface area contributed by atoms with Crippen molar-refractivity contribution in [3.63, 3.8) is 0 Å². The molecule has 0 atom stereocenters. The summed E-state index contributed by atoms with van der Waals surface area (Å²) in [5, 5.41) is 5.97. The Kier molecular flexibility index (Phi) is 6.28. The number of anilines is 1. The number of hydrogen-bond acceptors (Lipinski definition) is 3. The number of amides is 2. The average molecular weight is 339 g/mol. The molecular weight excluding hydrogens is 316 g/mol. The molecule has 0 aliphatic heterocycles. The van der Waals surface area contributed by atoms with Gasteiger partial charge in [-0.05, 0) is 31.4 Å². The van der Waals surface area contributed by atoms with Crippen LogP contribution >= 0.6 is 11.6 Å². The molecule has 23 heavy (non-hydrogen) atoms. The van der Waals surface area contributed by atoms with Crippen LogP contribution in [0.2, 0.25) is 5.02 Å². The number of benzene rings is 1. The molecule has 1 aliphatic carbocycles. The zero-order valence-corrected chi connectivity index (χ0v) is 14.3. The molecule has 1 saturated carbocycles. The van der Waals surface area contributed by atoms with Crippen molar-refractivity contribution >= 4 is 29.1 Å². The maximum absolute atomic E-state index is 12.1. The number of rotatable bonds is 3. The SMILES string of the molecule is COc1cc(Cl)c(C)cc1NC(=O)C(=O)NC1CCCCCC1. The van der Waals surface area contributed by atoms with Gasteiger partial charge in [-0.25, -0.2) is 0 Å². The van der Waals surface area contributed by atoms with Gasteiger partial charge in [0.15, 0.2) is 0 Å². The van der Waals surface area contributed by atoms with E-state index in [1.165, 1.54) is 20.0 Å². The first-order valence-electron chi connectivity index (χ1n) is 7.97. The highest BCUT2D eigenvalue weighted by Gasteiger charge is 2.21. The Morgan fingerprint density at radius 2 is 1.78 bits per heavy atom. The molecule has 2 rings (SSSR count). The third kappa shape index (κ3) is 4.86. The molecule has 1 aromatic rings. The van der Waals surface area contributed by atoms with Gasteiger partial charge in [-0.15, -0.1) is 0 Å². The molecule has 0 heterocycles. The predicted octanol–water partition coefficient (Wildman–Crippen LogP) is 3.43. The van der Waals surface area contributed by atoms with Gasteiger partial charge in [-0.3, -0.25) is 9.59 Å². The topological polar surface area (TPSA) is 67.4 Å². The largest absolute Gasteiger partial charge is 0.495 e. The molecule has 0 unspecified atom stereocenters. The van der Waals surface area contributed by atoms with Crippen LogP contribution in [-0.4, -0.2) is 25.0 Å². The number of aryl methyl sites for hydroxylation is 1. The minimum Gasteiger partial charge on any atom is -0.495 e. The monoisotopic (exact) mass is 338 g/mol. The van der Waals surface area contributed by atoms with Crippen LogP contribution in [0.1, 0.15) is 44.1 Å². The number of carbonyl (C=O) groups is 2. The minimum atomic E-state index is -0.686. The molecule has 0 radical (unpaired) electrons. The van der Waals surface area contributed by atoms with Crippen molar-refractivity contribution in [1.29, 1.82) is 0 Å². The van der Waals surface area contributed by atoms with Gasteiger partial charge in [0.05, 0.1) is 12.8 Å². The van der Waals surface area contributed by atoms with E-state index in [0.29, 0.717) is 16.5 Å². The molecule has 1 aromatic carbocycles. The lowest BCUT2D eigenvalue weighted by Crippen LogP contribution is -2.41. The second-order valence-corrected chi connectivity index (χ2v) is 6.32. The van der Waals surface area contributed by atoms with Crippen molar-refractivity contribution < 1.29 is 14.3 Å². The van der Waals surface area contributed by atoms with E-state index in [4.69, 9.17) is 16.3 Å². The number of nitrogens with one attached hydrogen (secondary N) is 2. The Bertz CT molecular complexity index is 581. The van der Waals surface area contributed by atoms with E-state index in [2.05, 4.69) is 10.6 Å². The zero-order chi connectivity index (χ0) is 16.8. The summed E-state index contributed by atoms with van der Waals surface area (Å²) < 4.78 is 5.20. The fraction of sp³-hybridized carbons (Fsp3) is 0.529. The smallest absolute Gasteiger partial charge is 0.313 e. The van der Waals surface area contributed by atoms with Gasteiger partial charge in [0, 0.05) is 17.1 Å². The number of hydrogen-bond donors (Lipinski definition) is 2. The van der Waals surface area contributed by atoms with E-state index in [1.807, 2.05) is 6.92 Å². The average Bonchev–Trinajstić information content (AvgIpc) is 2.79. The first-order chi connectivity index (χ1) is 11.0. The van der Waals surface area contributed by atoms with Crippen LogP contribution in [0, 0.1) is 6.92 Å². The lowest BCUT2D eigenvalue weighted by molar-refractivity contribution is -0.136. The summed E-state index contributed by atoms with van der Waals surface area (Å²) in [5.74, 6) is -0.864. The van der Waals surface area contributed by atoms with Gasteiger partial charge in [-0.1, -0.05) is 37.3 Å². The Labute approximate surface area is 141 Å². The normalized spacial score (nSPS) is 15.6. The molecule has 2 N–H and O–H groups in total. The van der Waals surface area contributed by atoms with Gasteiger partial charge >= 0.3 is 11.8 Å². The van der Waals surface area contributed by atoms with Crippen molar-refractivity contribution in [2.24, 2.45) is 0 Å². The number of halogens is 1. The number of ether oxygens (including phenoxy) is 1. The maximum Gasteiger partial charge on any atom is 0.313 e. The number of methoxy groups -OCH3 is 1. The Morgan fingerprint density at radius 3 is 2.39 bits per heavy atom. The van der Waals surface area contributed by atoms with E-state index in [-0.39, 0.29) is 6.04 Å². The fourth-order valence-corrected chi connectivity index (χ4v) is 2.94. The van der Waals surface area contributed by atoms with Gasteiger partial charge in [-0.2, -0.15) is 0 Å². The first kappa shape index (κ1) is 17.6. The summed E-state index contributed by atoms with van der Waals surface area (Å²) in [4.78, 5) is 24.2. The van der Waals surface area contributed by atoms with E-state index < -0.39 is 11.8 Å². The molecule has 2 amide bonds. The van der Waals surface area contributed by atoms with E-state index in [0.717, 1.165) is 31.2 Å². The summed E-state index contributed by atoms with van der Waals surface area (Å²) in [6.45, 7) is 1.82. The molecule has 1 aliphatic rings. The minimum absolute atomic E-state index is 0.0876. The third-order valence-electron chi connectivity index (χ3n) is 4.13. The molecule has 6 heteroatoms. The van der Waals surface area contributed by atoms with Crippen LogP contribution in [0.4, 0.5) is 5.69 Å². The van der Waals surface area contributed by atoms with Gasteiger partial charge in [0.1, 0.15) is 5.75 Å². The lowest BCUT2D eigenvalue weighted by atomic mass is 10.1. The molecule has 0 bridgehead atoms. The maximum atomic E-state index is 12.1. The van der Waals surface area contributed by atoms with Crippen molar-refractivity contribution in [3.05, 3.63) is 22.7 Å². The van der Waals surface area contributed by atoms with E-state index >= 15 is 0 Å². The van der Waals surface area contributed by atoms with Gasteiger partial charge in [0.25, 0.3) is 0 Å². The van der Waals surface area contributed by atoms with Crippen LogP contribution in [0.25, 0.3) is 0 Å². The zero-order valence-electron chi connectivity index (χ0n) is 13.6. The molecule has 0 spiro atoms. The van der Waals surface area contributed by atoms with Gasteiger partial charge in [0.2, 0.25) is 0 Å². The van der Waals surface area contributed by atoms with Gasteiger partial charge < -0.3 is 15.4 Å². The Balaban J connectivity index is 2.00.